The molecular weight excluding hydrogens is 304 g/mol. The van der Waals surface area contributed by atoms with Crippen molar-refractivity contribution < 1.29 is 14.7 Å². The van der Waals surface area contributed by atoms with Crippen molar-refractivity contribution in [3.63, 3.8) is 0 Å². The molecular formula is C16H17ClN2O3. The Hall–Kier alpha value is -2.01. The molecule has 116 valence electrons. The molecule has 1 aliphatic carbocycles. The summed E-state index contributed by atoms with van der Waals surface area (Å²) in [4.78, 5) is 24.2. The van der Waals surface area contributed by atoms with Gasteiger partial charge in [0.25, 0.3) is 5.91 Å². The van der Waals surface area contributed by atoms with Crippen LogP contribution in [0.5, 0.6) is 0 Å². The number of hydrogen-bond acceptors (Lipinski definition) is 2. The van der Waals surface area contributed by atoms with E-state index in [-0.39, 0.29) is 0 Å². The molecule has 2 aromatic rings. The number of benzene rings is 1. The van der Waals surface area contributed by atoms with E-state index in [1.807, 2.05) is 24.3 Å². The van der Waals surface area contributed by atoms with Crippen LogP contribution in [-0.2, 0) is 11.8 Å². The number of carbonyl (C=O) groups is 2. The summed E-state index contributed by atoms with van der Waals surface area (Å²) < 4.78 is 1.71. The Balaban J connectivity index is 2.01. The van der Waals surface area contributed by atoms with Crippen LogP contribution in [0.15, 0.2) is 24.3 Å². The number of nitrogens with zero attached hydrogens (tertiary/aromatic N) is 1. The topological polar surface area (TPSA) is 71.3 Å². The van der Waals surface area contributed by atoms with E-state index in [1.54, 1.807) is 11.6 Å². The first-order chi connectivity index (χ1) is 10.5. The molecule has 0 bridgehead atoms. The fourth-order valence-corrected chi connectivity index (χ4v) is 3.62. The molecule has 6 heteroatoms. The van der Waals surface area contributed by atoms with Crippen molar-refractivity contribution in [2.45, 2.75) is 31.2 Å². The first-order valence-corrected chi connectivity index (χ1v) is 7.63. The van der Waals surface area contributed by atoms with Gasteiger partial charge < -0.3 is 15.0 Å². The van der Waals surface area contributed by atoms with E-state index >= 15 is 0 Å². The maximum Gasteiger partial charge on any atom is 0.329 e. The Labute approximate surface area is 132 Å². The molecule has 0 spiro atoms. The lowest BCUT2D eigenvalue weighted by atomic mass is 9.97. The van der Waals surface area contributed by atoms with Gasteiger partial charge in [-0.25, -0.2) is 4.79 Å². The molecule has 1 aromatic carbocycles. The predicted octanol–water partition coefficient (Wildman–Crippen LogP) is 2.96. The minimum absolute atomic E-state index is 0.301. The van der Waals surface area contributed by atoms with Crippen LogP contribution in [0.1, 0.15) is 36.2 Å². The average molecular weight is 321 g/mol. The highest BCUT2D eigenvalue weighted by atomic mass is 35.5. The molecule has 0 aliphatic heterocycles. The molecule has 1 saturated carbocycles. The van der Waals surface area contributed by atoms with Crippen LogP contribution in [0.3, 0.4) is 0 Å². The van der Waals surface area contributed by atoms with Gasteiger partial charge in [-0.05, 0) is 18.9 Å². The molecule has 0 saturated heterocycles. The number of fused-ring (bicyclic) bond motifs is 1. The Bertz CT molecular complexity index is 721. The van der Waals surface area contributed by atoms with Crippen LogP contribution in [0.2, 0.25) is 5.02 Å². The summed E-state index contributed by atoms with van der Waals surface area (Å²) in [6.07, 6.45) is 2.51. The number of nitrogens with one attached hydrogen (secondary N) is 1. The Morgan fingerprint density at radius 1 is 1.27 bits per heavy atom. The summed E-state index contributed by atoms with van der Waals surface area (Å²) in [6.45, 7) is 0. The van der Waals surface area contributed by atoms with Crippen molar-refractivity contribution >= 4 is 34.4 Å². The van der Waals surface area contributed by atoms with E-state index in [4.69, 9.17) is 11.6 Å². The monoisotopic (exact) mass is 320 g/mol. The molecule has 1 amide bonds. The highest BCUT2D eigenvalue weighted by molar-refractivity contribution is 6.38. The van der Waals surface area contributed by atoms with Gasteiger partial charge in [-0.15, -0.1) is 0 Å². The third-order valence-electron chi connectivity index (χ3n) is 4.48. The summed E-state index contributed by atoms with van der Waals surface area (Å²) in [5, 5.41) is 13.3. The Kier molecular flexibility index (Phi) is 3.60. The molecule has 3 rings (SSSR count). The second-order valence-electron chi connectivity index (χ2n) is 5.79. The average Bonchev–Trinajstić information content (AvgIpc) is 3.05. The molecule has 0 unspecified atom stereocenters. The predicted molar refractivity (Wildman–Crippen MR) is 84.2 cm³/mol. The number of aliphatic carboxylic acids is 1. The van der Waals surface area contributed by atoms with Gasteiger partial charge in [-0.3, -0.25) is 4.79 Å². The Morgan fingerprint density at radius 2 is 1.91 bits per heavy atom. The fourth-order valence-electron chi connectivity index (χ4n) is 3.25. The molecule has 5 nitrogen and oxygen atoms in total. The standard InChI is InChI=1S/C16H17ClN2O3/c1-19-11-7-3-2-6-10(11)12(17)13(19)14(20)18-16(15(21)22)8-4-5-9-16/h2-3,6-7H,4-5,8-9H2,1H3,(H,18,20)(H,21,22). The van der Waals surface area contributed by atoms with Crippen LogP contribution in [0, 0.1) is 0 Å². The van der Waals surface area contributed by atoms with Crippen LogP contribution >= 0.6 is 11.6 Å². The summed E-state index contributed by atoms with van der Waals surface area (Å²) in [5.41, 5.74) is -0.0273. The van der Waals surface area contributed by atoms with E-state index in [0.29, 0.717) is 23.6 Å². The van der Waals surface area contributed by atoms with Crippen molar-refractivity contribution in [3.8, 4) is 0 Å². The van der Waals surface area contributed by atoms with Crippen LogP contribution < -0.4 is 5.32 Å². The molecule has 2 N–H and O–H groups in total. The first kappa shape index (κ1) is 14.9. The molecule has 1 aromatic heterocycles. The van der Waals surface area contributed by atoms with Gasteiger partial charge in [0.1, 0.15) is 11.2 Å². The van der Waals surface area contributed by atoms with E-state index in [1.165, 1.54) is 0 Å². The number of halogens is 1. The molecule has 0 radical (unpaired) electrons. The minimum atomic E-state index is -1.17. The SMILES string of the molecule is Cn1c(C(=O)NC2(C(=O)O)CCCC2)c(Cl)c2ccccc21. The zero-order valence-electron chi connectivity index (χ0n) is 12.2. The normalized spacial score (nSPS) is 16.8. The third kappa shape index (κ3) is 2.16. The van der Waals surface area contributed by atoms with Crippen LogP contribution in [-0.4, -0.2) is 27.1 Å². The number of amides is 1. The number of para-hydroxylation sites is 1. The van der Waals surface area contributed by atoms with E-state index in [9.17, 15) is 14.7 Å². The second-order valence-corrected chi connectivity index (χ2v) is 6.17. The van der Waals surface area contributed by atoms with Crippen molar-refractivity contribution in [2.75, 3.05) is 0 Å². The van der Waals surface area contributed by atoms with Crippen LogP contribution in [0.25, 0.3) is 10.9 Å². The highest BCUT2D eigenvalue weighted by Gasteiger charge is 2.43. The van der Waals surface area contributed by atoms with E-state index in [2.05, 4.69) is 5.32 Å². The number of carboxylic acids is 1. The van der Waals surface area contributed by atoms with Crippen molar-refractivity contribution in [2.24, 2.45) is 7.05 Å². The van der Waals surface area contributed by atoms with Gasteiger partial charge in [0.05, 0.1) is 5.02 Å². The maximum absolute atomic E-state index is 12.6. The van der Waals surface area contributed by atoms with Crippen LogP contribution in [0.4, 0.5) is 0 Å². The lowest BCUT2D eigenvalue weighted by Gasteiger charge is -2.25. The Morgan fingerprint density at radius 3 is 2.50 bits per heavy atom. The van der Waals surface area contributed by atoms with Gasteiger partial charge in [-0.1, -0.05) is 42.6 Å². The molecule has 1 heterocycles. The summed E-state index contributed by atoms with van der Waals surface area (Å²) >= 11 is 6.34. The maximum atomic E-state index is 12.6. The summed E-state index contributed by atoms with van der Waals surface area (Å²) in [6, 6.07) is 7.44. The zero-order chi connectivity index (χ0) is 15.9. The molecule has 1 fully saturated rings. The van der Waals surface area contributed by atoms with E-state index in [0.717, 1.165) is 23.7 Å². The molecule has 1 aliphatic rings. The first-order valence-electron chi connectivity index (χ1n) is 7.25. The number of carboxylic acid groups (broad SMARTS) is 1. The van der Waals surface area contributed by atoms with Gasteiger partial charge in [0.2, 0.25) is 0 Å². The molecule has 22 heavy (non-hydrogen) atoms. The number of aromatic nitrogens is 1. The summed E-state index contributed by atoms with van der Waals surface area (Å²) in [7, 11) is 1.76. The highest BCUT2D eigenvalue weighted by Crippen LogP contribution is 2.33. The fraction of sp³-hybridized carbons (Fsp3) is 0.375. The van der Waals surface area contributed by atoms with Gasteiger partial charge in [-0.2, -0.15) is 0 Å². The van der Waals surface area contributed by atoms with Gasteiger partial charge in [0, 0.05) is 18.0 Å². The smallest absolute Gasteiger partial charge is 0.329 e. The molecule has 0 atom stereocenters. The minimum Gasteiger partial charge on any atom is -0.480 e. The lowest BCUT2D eigenvalue weighted by Crippen LogP contribution is -2.52. The van der Waals surface area contributed by atoms with E-state index < -0.39 is 17.4 Å². The van der Waals surface area contributed by atoms with Crippen molar-refractivity contribution in [1.82, 2.24) is 9.88 Å². The van der Waals surface area contributed by atoms with Crippen molar-refractivity contribution in [1.29, 1.82) is 0 Å². The quantitative estimate of drug-likeness (QED) is 0.913. The van der Waals surface area contributed by atoms with Gasteiger partial charge in [0.15, 0.2) is 0 Å². The number of hydrogen-bond donors (Lipinski definition) is 2. The number of carbonyl (C=O) groups excluding carboxylic acids is 1. The number of aryl methyl sites for hydroxylation is 1. The largest absolute Gasteiger partial charge is 0.480 e. The second kappa shape index (κ2) is 5.32. The third-order valence-corrected chi connectivity index (χ3v) is 4.86. The number of rotatable bonds is 3. The zero-order valence-corrected chi connectivity index (χ0v) is 13.0. The van der Waals surface area contributed by atoms with Crippen molar-refractivity contribution in [3.05, 3.63) is 35.0 Å². The summed E-state index contributed by atoms with van der Waals surface area (Å²) in [5.74, 6) is -1.42. The lowest BCUT2D eigenvalue weighted by molar-refractivity contribution is -0.144. The van der Waals surface area contributed by atoms with Gasteiger partial charge >= 0.3 is 5.97 Å².